The number of rotatable bonds is 3. The maximum Gasteiger partial charge on any atom is 0.137 e. The van der Waals surface area contributed by atoms with Crippen molar-refractivity contribution in [2.75, 3.05) is 17.6 Å². The fourth-order valence-electron chi connectivity index (χ4n) is 2.36. The molecule has 0 saturated heterocycles. The highest BCUT2D eigenvalue weighted by molar-refractivity contribution is 5.90. The first-order valence-corrected chi connectivity index (χ1v) is 6.30. The summed E-state index contributed by atoms with van der Waals surface area (Å²) in [6.07, 6.45) is 2.87. The van der Waals surface area contributed by atoms with Crippen molar-refractivity contribution in [3.05, 3.63) is 24.5 Å². The SMILES string of the molecule is CC1(C)CC1CNc1ncnc2cc(N)ccc12. The molecule has 1 heterocycles. The summed E-state index contributed by atoms with van der Waals surface area (Å²) in [6, 6.07) is 5.74. The summed E-state index contributed by atoms with van der Waals surface area (Å²) < 4.78 is 0. The Morgan fingerprint density at radius 3 is 2.89 bits per heavy atom. The predicted molar refractivity (Wildman–Crippen MR) is 74.3 cm³/mol. The van der Waals surface area contributed by atoms with Crippen LogP contribution in [0.4, 0.5) is 11.5 Å². The van der Waals surface area contributed by atoms with Gasteiger partial charge in [0, 0.05) is 17.6 Å². The quantitative estimate of drug-likeness (QED) is 0.812. The van der Waals surface area contributed by atoms with Gasteiger partial charge in [0.15, 0.2) is 0 Å². The number of hydrogen-bond acceptors (Lipinski definition) is 4. The Morgan fingerprint density at radius 2 is 2.17 bits per heavy atom. The number of anilines is 2. The highest BCUT2D eigenvalue weighted by Gasteiger charge is 2.45. The molecule has 0 spiro atoms. The maximum absolute atomic E-state index is 5.76. The minimum Gasteiger partial charge on any atom is -0.399 e. The van der Waals surface area contributed by atoms with E-state index in [0.717, 1.165) is 34.9 Å². The molecule has 1 unspecified atom stereocenters. The molecular weight excluding hydrogens is 224 g/mol. The van der Waals surface area contributed by atoms with Crippen molar-refractivity contribution in [3.8, 4) is 0 Å². The minimum atomic E-state index is 0.486. The standard InChI is InChI=1S/C14H18N4/c1-14(2)6-9(14)7-16-13-11-4-3-10(15)5-12(11)17-8-18-13/h3-5,8-9H,6-7,15H2,1-2H3,(H,16,17,18). The van der Waals surface area contributed by atoms with Gasteiger partial charge in [-0.15, -0.1) is 0 Å². The van der Waals surface area contributed by atoms with Gasteiger partial charge in [0.1, 0.15) is 12.1 Å². The molecule has 0 radical (unpaired) electrons. The third-order valence-corrected chi connectivity index (χ3v) is 3.89. The number of fused-ring (bicyclic) bond motifs is 1. The van der Waals surface area contributed by atoms with E-state index in [1.54, 1.807) is 6.33 Å². The fraction of sp³-hybridized carbons (Fsp3) is 0.429. The minimum absolute atomic E-state index is 0.486. The number of nitrogen functional groups attached to an aromatic ring is 1. The summed E-state index contributed by atoms with van der Waals surface area (Å²) >= 11 is 0. The Kier molecular flexibility index (Phi) is 2.40. The molecule has 0 amide bonds. The van der Waals surface area contributed by atoms with Crippen molar-refractivity contribution >= 4 is 22.4 Å². The van der Waals surface area contributed by atoms with E-state index < -0.39 is 0 Å². The van der Waals surface area contributed by atoms with Crippen molar-refractivity contribution in [2.45, 2.75) is 20.3 Å². The molecule has 3 rings (SSSR count). The van der Waals surface area contributed by atoms with Crippen LogP contribution in [-0.4, -0.2) is 16.5 Å². The van der Waals surface area contributed by atoms with E-state index in [-0.39, 0.29) is 0 Å². The van der Waals surface area contributed by atoms with E-state index in [9.17, 15) is 0 Å². The van der Waals surface area contributed by atoms with Crippen LogP contribution in [0, 0.1) is 11.3 Å². The number of benzene rings is 1. The number of nitrogens with zero attached hydrogens (tertiary/aromatic N) is 2. The molecule has 4 heteroatoms. The second kappa shape index (κ2) is 3.83. The van der Waals surface area contributed by atoms with Gasteiger partial charge in [-0.1, -0.05) is 13.8 Å². The smallest absolute Gasteiger partial charge is 0.137 e. The van der Waals surface area contributed by atoms with Crippen molar-refractivity contribution in [1.82, 2.24) is 9.97 Å². The maximum atomic E-state index is 5.76. The second-order valence-corrected chi connectivity index (χ2v) is 5.77. The average molecular weight is 242 g/mol. The molecule has 1 aromatic heterocycles. The van der Waals surface area contributed by atoms with Crippen LogP contribution in [0.1, 0.15) is 20.3 Å². The van der Waals surface area contributed by atoms with E-state index in [0.29, 0.717) is 5.41 Å². The van der Waals surface area contributed by atoms with Crippen LogP contribution >= 0.6 is 0 Å². The monoisotopic (exact) mass is 242 g/mol. The molecule has 2 aromatic rings. The van der Waals surface area contributed by atoms with Gasteiger partial charge >= 0.3 is 0 Å². The Hall–Kier alpha value is -1.84. The zero-order chi connectivity index (χ0) is 12.8. The van der Waals surface area contributed by atoms with Crippen molar-refractivity contribution < 1.29 is 0 Å². The summed E-state index contributed by atoms with van der Waals surface area (Å²) in [5, 5.41) is 4.47. The average Bonchev–Trinajstić information content (AvgIpc) is 2.94. The lowest BCUT2D eigenvalue weighted by atomic mass is 10.1. The van der Waals surface area contributed by atoms with Crippen molar-refractivity contribution in [2.24, 2.45) is 11.3 Å². The number of hydrogen-bond donors (Lipinski definition) is 2. The van der Waals surface area contributed by atoms with Gasteiger partial charge in [0.2, 0.25) is 0 Å². The summed E-state index contributed by atoms with van der Waals surface area (Å²) in [4.78, 5) is 8.56. The predicted octanol–water partition coefficient (Wildman–Crippen LogP) is 2.67. The number of nitrogens with one attached hydrogen (secondary N) is 1. The Balaban J connectivity index is 1.83. The first kappa shape index (κ1) is 11.3. The first-order valence-electron chi connectivity index (χ1n) is 6.30. The van der Waals surface area contributed by atoms with Crippen LogP contribution < -0.4 is 11.1 Å². The van der Waals surface area contributed by atoms with Crippen LogP contribution in [0.3, 0.4) is 0 Å². The molecule has 1 aromatic carbocycles. The molecule has 4 nitrogen and oxygen atoms in total. The second-order valence-electron chi connectivity index (χ2n) is 5.77. The molecular formula is C14H18N4. The molecule has 1 aliphatic carbocycles. The Bertz CT molecular complexity index is 591. The van der Waals surface area contributed by atoms with Gasteiger partial charge in [-0.2, -0.15) is 0 Å². The molecule has 1 atom stereocenters. The normalized spacial score (nSPS) is 20.9. The zero-order valence-corrected chi connectivity index (χ0v) is 10.8. The van der Waals surface area contributed by atoms with Gasteiger partial charge in [-0.05, 0) is 36.0 Å². The number of nitrogens with two attached hydrogens (primary N) is 1. The Morgan fingerprint density at radius 1 is 1.39 bits per heavy atom. The summed E-state index contributed by atoms with van der Waals surface area (Å²) in [5.74, 6) is 1.65. The lowest BCUT2D eigenvalue weighted by Gasteiger charge is -2.09. The largest absolute Gasteiger partial charge is 0.399 e. The van der Waals surface area contributed by atoms with E-state index in [2.05, 4.69) is 29.1 Å². The van der Waals surface area contributed by atoms with Crippen LogP contribution in [0.5, 0.6) is 0 Å². The summed E-state index contributed by atoms with van der Waals surface area (Å²) in [7, 11) is 0. The number of aromatic nitrogens is 2. The van der Waals surface area contributed by atoms with Crippen LogP contribution in [0.25, 0.3) is 10.9 Å². The van der Waals surface area contributed by atoms with Crippen LogP contribution in [0.2, 0.25) is 0 Å². The van der Waals surface area contributed by atoms with E-state index >= 15 is 0 Å². The Labute approximate surface area is 107 Å². The molecule has 1 saturated carbocycles. The lowest BCUT2D eigenvalue weighted by Crippen LogP contribution is -2.09. The third-order valence-electron chi connectivity index (χ3n) is 3.89. The molecule has 0 aliphatic heterocycles. The van der Waals surface area contributed by atoms with Crippen LogP contribution in [-0.2, 0) is 0 Å². The highest BCUT2D eigenvalue weighted by Crippen LogP contribution is 2.51. The molecule has 1 aliphatic rings. The fourth-order valence-corrected chi connectivity index (χ4v) is 2.36. The highest BCUT2D eigenvalue weighted by atomic mass is 15.0. The van der Waals surface area contributed by atoms with Gasteiger partial charge in [0.05, 0.1) is 5.52 Å². The zero-order valence-electron chi connectivity index (χ0n) is 10.8. The van der Waals surface area contributed by atoms with E-state index in [4.69, 9.17) is 5.73 Å². The molecule has 18 heavy (non-hydrogen) atoms. The summed E-state index contributed by atoms with van der Waals surface area (Å²) in [5.41, 5.74) is 7.87. The van der Waals surface area contributed by atoms with Gasteiger partial charge < -0.3 is 11.1 Å². The molecule has 1 fully saturated rings. The lowest BCUT2D eigenvalue weighted by molar-refractivity contribution is 0.573. The van der Waals surface area contributed by atoms with Crippen molar-refractivity contribution in [1.29, 1.82) is 0 Å². The van der Waals surface area contributed by atoms with Crippen molar-refractivity contribution in [3.63, 3.8) is 0 Å². The van der Waals surface area contributed by atoms with E-state index in [1.807, 2.05) is 18.2 Å². The molecule has 0 bridgehead atoms. The molecule has 3 N–H and O–H groups in total. The van der Waals surface area contributed by atoms with E-state index in [1.165, 1.54) is 6.42 Å². The topological polar surface area (TPSA) is 63.8 Å². The van der Waals surface area contributed by atoms with Crippen LogP contribution in [0.15, 0.2) is 24.5 Å². The third kappa shape index (κ3) is 1.98. The summed E-state index contributed by atoms with van der Waals surface area (Å²) in [6.45, 7) is 5.58. The van der Waals surface area contributed by atoms with Gasteiger partial charge in [0.25, 0.3) is 0 Å². The first-order chi connectivity index (χ1) is 8.56. The molecule has 94 valence electrons. The van der Waals surface area contributed by atoms with Gasteiger partial charge in [-0.25, -0.2) is 9.97 Å². The van der Waals surface area contributed by atoms with Gasteiger partial charge in [-0.3, -0.25) is 0 Å².